The summed E-state index contributed by atoms with van der Waals surface area (Å²) in [6.45, 7) is 2.11. The van der Waals surface area contributed by atoms with Crippen LogP contribution < -0.4 is 10.6 Å². The third-order valence-corrected chi connectivity index (χ3v) is 5.76. The zero-order valence-corrected chi connectivity index (χ0v) is 18.9. The van der Waals surface area contributed by atoms with Crippen molar-refractivity contribution in [3.63, 3.8) is 0 Å². The summed E-state index contributed by atoms with van der Waals surface area (Å²) >= 11 is 1.22. The molecule has 0 atom stereocenters. The molecule has 0 unspecified atom stereocenters. The zero-order chi connectivity index (χ0) is 23.0. The van der Waals surface area contributed by atoms with Crippen LogP contribution in [0.5, 0.6) is 0 Å². The molecule has 2 amide bonds. The second-order valence-corrected chi connectivity index (χ2v) is 8.16. The van der Waals surface area contributed by atoms with Gasteiger partial charge < -0.3 is 10.6 Å². The Morgan fingerprint density at radius 2 is 1.64 bits per heavy atom. The Morgan fingerprint density at radius 3 is 2.39 bits per heavy atom. The van der Waals surface area contributed by atoms with E-state index in [4.69, 9.17) is 0 Å². The van der Waals surface area contributed by atoms with E-state index in [0.717, 1.165) is 12.0 Å². The van der Waals surface area contributed by atoms with Crippen LogP contribution in [0.3, 0.4) is 0 Å². The second kappa shape index (κ2) is 10.6. The minimum Gasteiger partial charge on any atom is -0.325 e. The van der Waals surface area contributed by atoms with Gasteiger partial charge in [0.1, 0.15) is 0 Å². The lowest BCUT2D eigenvalue weighted by molar-refractivity contribution is -0.113. The largest absolute Gasteiger partial charge is 0.325 e. The van der Waals surface area contributed by atoms with Crippen molar-refractivity contribution in [3.8, 4) is 11.4 Å². The van der Waals surface area contributed by atoms with Gasteiger partial charge in [0.15, 0.2) is 5.82 Å². The molecule has 0 fully saturated rings. The zero-order valence-electron chi connectivity index (χ0n) is 18.0. The Balaban J connectivity index is 1.36. The topological polar surface area (TPSA) is 99.8 Å². The molecule has 0 aliphatic heterocycles. The molecule has 0 bridgehead atoms. The van der Waals surface area contributed by atoms with E-state index in [9.17, 15) is 9.59 Å². The number of nitrogens with one attached hydrogen (secondary N) is 3. The molecule has 1 heterocycles. The van der Waals surface area contributed by atoms with Gasteiger partial charge in [-0.05, 0) is 36.2 Å². The fourth-order valence-electron chi connectivity index (χ4n) is 3.16. The standard InChI is InChI=1S/C25H23N5O2S/c1-2-17-12-14-18(15-13-17)23-28-25(30-29-23)33-16-22(31)27-21-11-7-6-10-20(21)24(32)26-19-8-4-3-5-9-19/h3-15H,2,16H2,1H3,(H,26,32)(H,27,31)(H,28,29,30). The Hall–Kier alpha value is -3.91. The quantitative estimate of drug-likeness (QED) is 0.323. The van der Waals surface area contributed by atoms with E-state index in [1.807, 2.05) is 30.3 Å². The molecule has 166 valence electrons. The number of thioether (sulfide) groups is 1. The summed E-state index contributed by atoms with van der Waals surface area (Å²) < 4.78 is 0. The highest BCUT2D eigenvalue weighted by Crippen LogP contribution is 2.21. The van der Waals surface area contributed by atoms with Gasteiger partial charge in [0.2, 0.25) is 11.1 Å². The smallest absolute Gasteiger partial charge is 0.257 e. The van der Waals surface area contributed by atoms with E-state index in [-0.39, 0.29) is 17.6 Å². The fourth-order valence-corrected chi connectivity index (χ4v) is 3.76. The van der Waals surface area contributed by atoms with E-state index in [0.29, 0.717) is 27.9 Å². The highest BCUT2D eigenvalue weighted by atomic mass is 32.2. The Morgan fingerprint density at radius 1 is 0.909 bits per heavy atom. The van der Waals surface area contributed by atoms with E-state index >= 15 is 0 Å². The Labute approximate surface area is 196 Å². The van der Waals surface area contributed by atoms with Gasteiger partial charge in [0.25, 0.3) is 5.91 Å². The number of carbonyl (C=O) groups is 2. The lowest BCUT2D eigenvalue weighted by Gasteiger charge is -2.11. The summed E-state index contributed by atoms with van der Waals surface area (Å²) in [4.78, 5) is 29.7. The van der Waals surface area contributed by atoms with Crippen molar-refractivity contribution in [1.82, 2.24) is 15.2 Å². The molecule has 1 aromatic heterocycles. The van der Waals surface area contributed by atoms with Crippen molar-refractivity contribution < 1.29 is 9.59 Å². The van der Waals surface area contributed by atoms with Crippen LogP contribution in [0, 0.1) is 0 Å². The third kappa shape index (κ3) is 5.87. The van der Waals surface area contributed by atoms with Crippen LogP contribution in [0.25, 0.3) is 11.4 Å². The maximum atomic E-state index is 12.7. The molecule has 0 radical (unpaired) electrons. The number of aromatic nitrogens is 3. The molecule has 0 aliphatic carbocycles. The number of amides is 2. The van der Waals surface area contributed by atoms with Gasteiger partial charge in [-0.25, -0.2) is 4.98 Å². The number of rotatable bonds is 8. The molecule has 3 N–H and O–H groups in total. The number of anilines is 2. The summed E-state index contributed by atoms with van der Waals surface area (Å²) in [5.41, 5.74) is 3.71. The molecule has 4 aromatic rings. The van der Waals surface area contributed by atoms with Crippen LogP contribution in [0.1, 0.15) is 22.8 Å². The van der Waals surface area contributed by atoms with E-state index in [1.54, 1.807) is 36.4 Å². The van der Waals surface area contributed by atoms with Gasteiger partial charge in [-0.2, -0.15) is 0 Å². The molecule has 0 spiro atoms. The van der Waals surface area contributed by atoms with Crippen LogP contribution in [0.2, 0.25) is 0 Å². The fraction of sp³-hybridized carbons (Fsp3) is 0.120. The third-order valence-electron chi connectivity index (χ3n) is 4.91. The summed E-state index contributed by atoms with van der Waals surface area (Å²) in [5.74, 6) is 0.223. The van der Waals surface area contributed by atoms with Crippen LogP contribution in [0.15, 0.2) is 84.0 Å². The molecule has 4 rings (SSSR count). The van der Waals surface area contributed by atoms with Crippen LogP contribution in [-0.4, -0.2) is 32.7 Å². The van der Waals surface area contributed by atoms with Gasteiger partial charge in [0.05, 0.1) is 17.0 Å². The van der Waals surface area contributed by atoms with Gasteiger partial charge in [0, 0.05) is 11.3 Å². The second-order valence-electron chi connectivity index (χ2n) is 7.22. The summed E-state index contributed by atoms with van der Waals surface area (Å²) in [7, 11) is 0. The van der Waals surface area contributed by atoms with E-state index in [1.165, 1.54) is 17.3 Å². The average Bonchev–Trinajstić information content (AvgIpc) is 3.33. The molecule has 0 aliphatic rings. The molecular weight excluding hydrogens is 434 g/mol. The first-order chi connectivity index (χ1) is 16.1. The monoisotopic (exact) mass is 457 g/mol. The number of para-hydroxylation sites is 2. The molecule has 0 saturated carbocycles. The number of benzene rings is 3. The molecule has 0 saturated heterocycles. The molecule has 3 aromatic carbocycles. The van der Waals surface area contributed by atoms with Crippen molar-refractivity contribution in [2.45, 2.75) is 18.5 Å². The van der Waals surface area contributed by atoms with Gasteiger partial charge >= 0.3 is 0 Å². The molecular formula is C25H23N5O2S. The van der Waals surface area contributed by atoms with Crippen molar-refractivity contribution in [2.75, 3.05) is 16.4 Å². The van der Waals surface area contributed by atoms with E-state index < -0.39 is 0 Å². The summed E-state index contributed by atoms with van der Waals surface area (Å²) in [5, 5.41) is 13.2. The van der Waals surface area contributed by atoms with Crippen LogP contribution in [0.4, 0.5) is 11.4 Å². The number of aromatic amines is 1. The first-order valence-corrected chi connectivity index (χ1v) is 11.5. The average molecular weight is 458 g/mol. The van der Waals surface area contributed by atoms with Crippen LogP contribution >= 0.6 is 11.8 Å². The number of hydrogen-bond donors (Lipinski definition) is 3. The number of aryl methyl sites for hydroxylation is 1. The van der Waals surface area contributed by atoms with Crippen molar-refractivity contribution in [3.05, 3.63) is 90.0 Å². The number of carbonyl (C=O) groups excluding carboxylic acids is 2. The number of nitrogens with zero attached hydrogens (tertiary/aromatic N) is 2. The first kappa shape index (κ1) is 22.3. The minimum atomic E-state index is -0.294. The van der Waals surface area contributed by atoms with Crippen molar-refractivity contribution in [2.24, 2.45) is 0 Å². The maximum absolute atomic E-state index is 12.7. The SMILES string of the molecule is CCc1ccc(-c2nc(SCC(=O)Nc3ccccc3C(=O)Nc3ccccc3)n[nH]2)cc1. The highest BCUT2D eigenvalue weighted by molar-refractivity contribution is 7.99. The molecule has 7 nitrogen and oxygen atoms in total. The van der Waals surface area contributed by atoms with Gasteiger partial charge in [-0.15, -0.1) is 5.10 Å². The number of hydrogen-bond acceptors (Lipinski definition) is 5. The van der Waals surface area contributed by atoms with Crippen LogP contribution in [-0.2, 0) is 11.2 Å². The maximum Gasteiger partial charge on any atom is 0.257 e. The van der Waals surface area contributed by atoms with Gasteiger partial charge in [-0.3, -0.25) is 14.7 Å². The minimum absolute atomic E-state index is 0.112. The Kier molecular flexibility index (Phi) is 7.16. The normalized spacial score (nSPS) is 10.6. The highest BCUT2D eigenvalue weighted by Gasteiger charge is 2.14. The van der Waals surface area contributed by atoms with Crippen molar-refractivity contribution in [1.29, 1.82) is 0 Å². The lowest BCUT2D eigenvalue weighted by atomic mass is 10.1. The van der Waals surface area contributed by atoms with Crippen molar-refractivity contribution >= 4 is 35.0 Å². The Bertz CT molecular complexity index is 1240. The van der Waals surface area contributed by atoms with E-state index in [2.05, 4.69) is 44.9 Å². The molecule has 8 heteroatoms. The lowest BCUT2D eigenvalue weighted by Crippen LogP contribution is -2.19. The first-order valence-electron chi connectivity index (χ1n) is 10.5. The summed E-state index contributed by atoms with van der Waals surface area (Å²) in [6.07, 6.45) is 0.976. The predicted octanol–water partition coefficient (Wildman–Crippen LogP) is 5.02. The predicted molar refractivity (Wildman–Crippen MR) is 131 cm³/mol. The van der Waals surface area contributed by atoms with Gasteiger partial charge in [-0.1, -0.05) is 73.3 Å². The summed E-state index contributed by atoms with van der Waals surface area (Å²) in [6, 6.07) is 24.2. The molecule has 33 heavy (non-hydrogen) atoms. The number of H-pyrrole nitrogens is 1.